The molecule has 0 saturated carbocycles. The highest BCUT2D eigenvalue weighted by Crippen LogP contribution is 2.32. The lowest BCUT2D eigenvalue weighted by atomic mass is 10.00. The predicted octanol–water partition coefficient (Wildman–Crippen LogP) is 2.80. The van der Waals surface area contributed by atoms with Crippen molar-refractivity contribution in [3.63, 3.8) is 0 Å². The quantitative estimate of drug-likeness (QED) is 0.665. The first kappa shape index (κ1) is 17.5. The molecule has 7 heteroatoms. The van der Waals surface area contributed by atoms with Gasteiger partial charge in [0.15, 0.2) is 0 Å². The standard InChI is InChI=1S/C20H22N4O3/c25-20-9-8-17-18(21-20)2-1-3-19(17)23-12-10-22(11-13-23)14-15-4-6-16(7-5-15)24(26)27/h1-7H,8-14H2,(H,21,25). The van der Waals surface area contributed by atoms with Crippen molar-refractivity contribution < 1.29 is 9.72 Å². The third kappa shape index (κ3) is 3.78. The fraction of sp³-hybridized carbons (Fsp3) is 0.350. The molecule has 2 aromatic carbocycles. The van der Waals surface area contributed by atoms with Crippen molar-refractivity contribution in [3.05, 3.63) is 63.7 Å². The van der Waals surface area contributed by atoms with Crippen molar-refractivity contribution in [2.45, 2.75) is 19.4 Å². The number of nitrogens with zero attached hydrogens (tertiary/aromatic N) is 3. The molecule has 2 aliphatic rings. The Bertz CT molecular complexity index is 858. The minimum atomic E-state index is -0.370. The number of fused-ring (bicyclic) bond motifs is 1. The van der Waals surface area contributed by atoms with Crippen LogP contribution in [-0.2, 0) is 17.8 Å². The summed E-state index contributed by atoms with van der Waals surface area (Å²) in [5.74, 6) is 0.0903. The highest BCUT2D eigenvalue weighted by atomic mass is 16.6. The first-order chi connectivity index (χ1) is 13.1. The Morgan fingerprint density at radius 2 is 1.74 bits per heavy atom. The molecule has 1 amide bonds. The zero-order chi connectivity index (χ0) is 18.8. The van der Waals surface area contributed by atoms with Gasteiger partial charge in [-0.3, -0.25) is 19.8 Å². The number of carbonyl (C=O) groups is 1. The Labute approximate surface area is 157 Å². The molecule has 2 heterocycles. The van der Waals surface area contributed by atoms with Crippen molar-refractivity contribution in [3.8, 4) is 0 Å². The molecule has 0 unspecified atom stereocenters. The van der Waals surface area contributed by atoms with E-state index >= 15 is 0 Å². The van der Waals surface area contributed by atoms with Gasteiger partial charge in [0.05, 0.1) is 4.92 Å². The van der Waals surface area contributed by atoms with Gasteiger partial charge in [0.25, 0.3) is 5.69 Å². The zero-order valence-corrected chi connectivity index (χ0v) is 15.1. The number of hydrogen-bond donors (Lipinski definition) is 1. The molecule has 0 bridgehead atoms. The number of rotatable bonds is 4. The van der Waals surface area contributed by atoms with Gasteiger partial charge in [0, 0.05) is 62.7 Å². The van der Waals surface area contributed by atoms with Crippen LogP contribution < -0.4 is 10.2 Å². The number of hydrogen-bond acceptors (Lipinski definition) is 5. The molecule has 1 N–H and O–H groups in total. The highest BCUT2D eigenvalue weighted by molar-refractivity contribution is 5.95. The first-order valence-electron chi connectivity index (χ1n) is 9.22. The van der Waals surface area contributed by atoms with E-state index < -0.39 is 0 Å². The number of carbonyl (C=O) groups excluding carboxylic acids is 1. The van der Waals surface area contributed by atoms with Crippen LogP contribution in [0.25, 0.3) is 0 Å². The summed E-state index contributed by atoms with van der Waals surface area (Å²) in [5.41, 5.74) is 4.62. The molecule has 7 nitrogen and oxygen atoms in total. The second-order valence-electron chi connectivity index (χ2n) is 7.04. The maximum Gasteiger partial charge on any atom is 0.269 e. The summed E-state index contributed by atoms with van der Waals surface area (Å²) < 4.78 is 0. The normalized spacial score (nSPS) is 17.3. The molecule has 0 spiro atoms. The molecule has 0 aromatic heterocycles. The van der Waals surface area contributed by atoms with Gasteiger partial charge in [-0.05, 0) is 29.7 Å². The fourth-order valence-electron chi connectivity index (χ4n) is 3.83. The van der Waals surface area contributed by atoms with Crippen LogP contribution in [0.5, 0.6) is 0 Å². The van der Waals surface area contributed by atoms with Crippen LogP contribution in [0, 0.1) is 10.1 Å². The monoisotopic (exact) mass is 366 g/mol. The zero-order valence-electron chi connectivity index (χ0n) is 15.1. The van der Waals surface area contributed by atoms with Gasteiger partial charge < -0.3 is 10.2 Å². The minimum Gasteiger partial charge on any atom is -0.369 e. The SMILES string of the molecule is O=C1CCc2c(cccc2N2CCN(Cc3ccc([N+](=O)[O-])cc3)CC2)N1. The molecule has 2 aromatic rings. The van der Waals surface area contributed by atoms with Crippen LogP contribution in [0.2, 0.25) is 0 Å². The topological polar surface area (TPSA) is 78.7 Å². The van der Waals surface area contributed by atoms with Gasteiger partial charge in [0.2, 0.25) is 5.91 Å². The van der Waals surface area contributed by atoms with E-state index in [2.05, 4.69) is 21.2 Å². The first-order valence-corrected chi connectivity index (χ1v) is 9.22. The largest absolute Gasteiger partial charge is 0.369 e. The number of nitro groups is 1. The lowest BCUT2D eigenvalue weighted by Gasteiger charge is -2.37. The molecule has 140 valence electrons. The average Bonchev–Trinajstić information content (AvgIpc) is 2.68. The van der Waals surface area contributed by atoms with Gasteiger partial charge >= 0.3 is 0 Å². The average molecular weight is 366 g/mol. The van der Waals surface area contributed by atoms with E-state index in [1.165, 1.54) is 11.3 Å². The van der Waals surface area contributed by atoms with Gasteiger partial charge in [-0.1, -0.05) is 18.2 Å². The van der Waals surface area contributed by atoms with Crippen molar-refractivity contribution in [1.29, 1.82) is 0 Å². The summed E-state index contributed by atoms with van der Waals surface area (Å²) in [6.07, 6.45) is 1.34. The van der Waals surface area contributed by atoms with E-state index in [4.69, 9.17) is 0 Å². The minimum absolute atomic E-state index is 0.0903. The molecule has 0 radical (unpaired) electrons. The number of nitrogens with one attached hydrogen (secondary N) is 1. The molecule has 1 fully saturated rings. The van der Waals surface area contributed by atoms with Crippen LogP contribution >= 0.6 is 0 Å². The molecule has 0 atom stereocenters. The molecule has 0 aliphatic carbocycles. The van der Waals surface area contributed by atoms with E-state index in [0.29, 0.717) is 6.42 Å². The Kier molecular flexibility index (Phi) is 4.77. The maximum atomic E-state index is 11.6. The van der Waals surface area contributed by atoms with Crippen LogP contribution in [0.15, 0.2) is 42.5 Å². The Morgan fingerprint density at radius 1 is 1.00 bits per heavy atom. The second-order valence-corrected chi connectivity index (χ2v) is 7.04. The van der Waals surface area contributed by atoms with Crippen LogP contribution in [0.4, 0.5) is 17.1 Å². The molecular weight excluding hydrogens is 344 g/mol. The van der Waals surface area contributed by atoms with E-state index in [1.54, 1.807) is 12.1 Å². The number of non-ortho nitro benzene ring substituents is 1. The molecule has 4 rings (SSSR count). The van der Waals surface area contributed by atoms with Gasteiger partial charge in [-0.15, -0.1) is 0 Å². The number of amides is 1. The predicted molar refractivity (Wildman–Crippen MR) is 104 cm³/mol. The van der Waals surface area contributed by atoms with E-state index in [-0.39, 0.29) is 16.5 Å². The summed E-state index contributed by atoms with van der Waals surface area (Å²) in [6, 6.07) is 12.9. The van der Waals surface area contributed by atoms with Crippen LogP contribution in [0.3, 0.4) is 0 Å². The number of anilines is 2. The van der Waals surface area contributed by atoms with E-state index in [0.717, 1.165) is 50.4 Å². The van der Waals surface area contributed by atoms with Crippen molar-refractivity contribution in [2.75, 3.05) is 36.4 Å². The second kappa shape index (κ2) is 7.36. The summed E-state index contributed by atoms with van der Waals surface area (Å²) in [7, 11) is 0. The van der Waals surface area contributed by atoms with Crippen molar-refractivity contribution in [1.82, 2.24) is 4.90 Å². The maximum absolute atomic E-state index is 11.6. The number of benzene rings is 2. The van der Waals surface area contributed by atoms with Crippen LogP contribution in [0.1, 0.15) is 17.5 Å². The molecule has 1 saturated heterocycles. The smallest absolute Gasteiger partial charge is 0.269 e. The van der Waals surface area contributed by atoms with Crippen molar-refractivity contribution in [2.24, 2.45) is 0 Å². The number of piperazine rings is 1. The summed E-state index contributed by atoms with van der Waals surface area (Å²) in [6.45, 7) is 4.53. The lowest BCUT2D eigenvalue weighted by Crippen LogP contribution is -2.46. The van der Waals surface area contributed by atoms with E-state index in [9.17, 15) is 14.9 Å². The fourth-order valence-corrected chi connectivity index (χ4v) is 3.83. The Morgan fingerprint density at radius 3 is 2.44 bits per heavy atom. The third-order valence-corrected chi connectivity index (χ3v) is 5.29. The number of nitro benzene ring substituents is 1. The summed E-state index contributed by atoms with van der Waals surface area (Å²) in [5, 5.41) is 13.7. The molecule has 2 aliphatic heterocycles. The van der Waals surface area contributed by atoms with Crippen LogP contribution in [-0.4, -0.2) is 41.9 Å². The van der Waals surface area contributed by atoms with Crippen molar-refractivity contribution >= 4 is 23.0 Å². The van der Waals surface area contributed by atoms with Gasteiger partial charge in [0.1, 0.15) is 0 Å². The molecular formula is C20H22N4O3. The summed E-state index contributed by atoms with van der Waals surface area (Å²) in [4.78, 5) is 26.8. The molecule has 27 heavy (non-hydrogen) atoms. The van der Waals surface area contributed by atoms with Gasteiger partial charge in [-0.25, -0.2) is 0 Å². The Balaban J connectivity index is 1.39. The van der Waals surface area contributed by atoms with E-state index in [1.807, 2.05) is 24.3 Å². The Hall–Kier alpha value is -2.93. The summed E-state index contributed by atoms with van der Waals surface area (Å²) >= 11 is 0. The van der Waals surface area contributed by atoms with Gasteiger partial charge in [-0.2, -0.15) is 0 Å². The highest BCUT2D eigenvalue weighted by Gasteiger charge is 2.23. The lowest BCUT2D eigenvalue weighted by molar-refractivity contribution is -0.384. The third-order valence-electron chi connectivity index (χ3n) is 5.29.